The topological polar surface area (TPSA) is 57.6 Å². The van der Waals surface area contributed by atoms with Gasteiger partial charge in [-0.25, -0.2) is 9.98 Å². The summed E-state index contributed by atoms with van der Waals surface area (Å²) in [7, 11) is 0. The molecule has 0 spiro atoms. The number of aromatic nitrogens is 1. The van der Waals surface area contributed by atoms with E-state index in [1.54, 1.807) is 12.1 Å². The number of rotatable bonds is 4. The van der Waals surface area contributed by atoms with Gasteiger partial charge in [-0.2, -0.15) is 0 Å². The van der Waals surface area contributed by atoms with Crippen LogP contribution in [0.1, 0.15) is 12.8 Å². The third-order valence-electron chi connectivity index (χ3n) is 3.68. The highest BCUT2D eigenvalue weighted by molar-refractivity contribution is 8.14. The Labute approximate surface area is 156 Å². The van der Waals surface area contributed by atoms with E-state index in [4.69, 9.17) is 16.6 Å². The molecule has 2 aromatic rings. The van der Waals surface area contributed by atoms with Gasteiger partial charge in [0, 0.05) is 19.3 Å². The number of carbonyl (C=O) groups is 1. The van der Waals surface area contributed by atoms with Crippen molar-refractivity contribution in [2.45, 2.75) is 12.8 Å². The van der Waals surface area contributed by atoms with Crippen LogP contribution in [0.15, 0.2) is 53.7 Å². The number of nitrogens with zero attached hydrogens (tertiary/aromatic N) is 3. The van der Waals surface area contributed by atoms with Crippen LogP contribution in [0.4, 0.5) is 11.5 Å². The molecule has 1 amide bonds. The van der Waals surface area contributed by atoms with Crippen molar-refractivity contribution in [1.29, 1.82) is 0 Å². The van der Waals surface area contributed by atoms with E-state index in [-0.39, 0.29) is 11.7 Å². The van der Waals surface area contributed by atoms with Gasteiger partial charge in [0.05, 0.1) is 16.5 Å². The van der Waals surface area contributed by atoms with Crippen LogP contribution in [-0.4, -0.2) is 39.8 Å². The highest BCUT2D eigenvalue weighted by Gasteiger charge is 2.18. The maximum atomic E-state index is 12.2. The first-order chi connectivity index (χ1) is 12.2. The molecule has 0 radical (unpaired) electrons. The molecule has 1 aliphatic rings. The van der Waals surface area contributed by atoms with Crippen molar-refractivity contribution in [1.82, 2.24) is 9.88 Å². The number of amides is 1. The van der Waals surface area contributed by atoms with Crippen molar-refractivity contribution in [3.8, 4) is 0 Å². The van der Waals surface area contributed by atoms with Gasteiger partial charge in [0.25, 0.3) is 0 Å². The van der Waals surface area contributed by atoms with E-state index in [9.17, 15) is 4.79 Å². The van der Waals surface area contributed by atoms with Crippen LogP contribution in [0.2, 0.25) is 5.02 Å². The van der Waals surface area contributed by atoms with Gasteiger partial charge in [0.15, 0.2) is 5.17 Å². The SMILES string of the molecule is O=C(CSC(=Nc1ccccc1)N1CCCC1)Nc1ccc(Cl)cn1. The summed E-state index contributed by atoms with van der Waals surface area (Å²) in [6, 6.07) is 13.2. The largest absolute Gasteiger partial charge is 0.351 e. The van der Waals surface area contributed by atoms with E-state index in [0.717, 1.165) is 36.8 Å². The second kappa shape index (κ2) is 8.87. The highest BCUT2D eigenvalue weighted by atomic mass is 35.5. The summed E-state index contributed by atoms with van der Waals surface area (Å²) in [6.07, 6.45) is 3.83. The Bertz CT molecular complexity index is 731. The maximum absolute atomic E-state index is 12.2. The molecule has 0 unspecified atom stereocenters. The van der Waals surface area contributed by atoms with Crippen molar-refractivity contribution in [3.05, 3.63) is 53.7 Å². The first-order valence-electron chi connectivity index (χ1n) is 8.13. The molecule has 1 N–H and O–H groups in total. The fourth-order valence-electron chi connectivity index (χ4n) is 2.47. The molecule has 0 saturated carbocycles. The molecule has 7 heteroatoms. The van der Waals surface area contributed by atoms with Gasteiger partial charge in [0.1, 0.15) is 5.82 Å². The normalized spacial score (nSPS) is 14.6. The summed E-state index contributed by atoms with van der Waals surface area (Å²) in [5.74, 6) is 0.671. The summed E-state index contributed by atoms with van der Waals surface area (Å²) in [5, 5.41) is 4.21. The van der Waals surface area contributed by atoms with E-state index in [0.29, 0.717) is 10.8 Å². The van der Waals surface area contributed by atoms with Gasteiger partial charge in [-0.05, 0) is 37.1 Å². The summed E-state index contributed by atoms with van der Waals surface area (Å²) < 4.78 is 0. The van der Waals surface area contributed by atoms with Crippen LogP contribution in [0.5, 0.6) is 0 Å². The number of aliphatic imine (C=N–C) groups is 1. The molecule has 0 bridgehead atoms. The van der Waals surface area contributed by atoms with E-state index < -0.39 is 0 Å². The number of anilines is 1. The minimum Gasteiger partial charge on any atom is -0.351 e. The molecule has 1 saturated heterocycles. The molecule has 25 heavy (non-hydrogen) atoms. The van der Waals surface area contributed by atoms with Gasteiger partial charge in [-0.3, -0.25) is 4.79 Å². The zero-order chi connectivity index (χ0) is 17.5. The number of halogens is 1. The van der Waals surface area contributed by atoms with Crippen LogP contribution in [0.3, 0.4) is 0 Å². The van der Waals surface area contributed by atoms with Gasteiger partial charge in [-0.15, -0.1) is 0 Å². The fourth-order valence-corrected chi connectivity index (χ4v) is 3.45. The summed E-state index contributed by atoms with van der Waals surface area (Å²) in [5.41, 5.74) is 0.900. The monoisotopic (exact) mass is 374 g/mol. The smallest absolute Gasteiger partial charge is 0.236 e. The molecule has 0 aliphatic carbocycles. The summed E-state index contributed by atoms with van der Waals surface area (Å²) in [6.45, 7) is 1.97. The van der Waals surface area contributed by atoms with E-state index in [1.165, 1.54) is 18.0 Å². The minimum atomic E-state index is -0.111. The second-order valence-electron chi connectivity index (χ2n) is 5.62. The lowest BCUT2D eigenvalue weighted by Crippen LogP contribution is -2.27. The number of nitrogens with one attached hydrogen (secondary N) is 1. The van der Waals surface area contributed by atoms with Crippen LogP contribution in [-0.2, 0) is 4.79 Å². The molecular weight excluding hydrogens is 356 g/mol. The Balaban J connectivity index is 1.63. The number of para-hydroxylation sites is 1. The minimum absolute atomic E-state index is 0.111. The lowest BCUT2D eigenvalue weighted by atomic mass is 10.3. The van der Waals surface area contributed by atoms with Crippen LogP contribution >= 0.6 is 23.4 Å². The Hall–Kier alpha value is -2.05. The fraction of sp³-hybridized carbons (Fsp3) is 0.278. The number of benzene rings is 1. The number of hydrogen-bond donors (Lipinski definition) is 1. The highest BCUT2D eigenvalue weighted by Crippen LogP contribution is 2.21. The molecule has 2 heterocycles. The Morgan fingerprint density at radius 2 is 1.96 bits per heavy atom. The lowest BCUT2D eigenvalue weighted by molar-refractivity contribution is -0.113. The van der Waals surface area contributed by atoms with Crippen molar-refractivity contribution < 1.29 is 4.79 Å². The molecule has 1 aromatic carbocycles. The van der Waals surface area contributed by atoms with Crippen LogP contribution in [0.25, 0.3) is 0 Å². The zero-order valence-electron chi connectivity index (χ0n) is 13.7. The maximum Gasteiger partial charge on any atom is 0.236 e. The third-order valence-corrected chi connectivity index (χ3v) is 4.92. The second-order valence-corrected chi connectivity index (χ2v) is 7.00. The van der Waals surface area contributed by atoms with Gasteiger partial charge in [0.2, 0.25) is 5.91 Å². The quantitative estimate of drug-likeness (QED) is 0.644. The Morgan fingerprint density at radius 3 is 2.64 bits per heavy atom. The standard InChI is InChI=1S/C18H19ClN4OS/c19-14-8-9-16(20-12-14)22-17(24)13-25-18(23-10-4-5-11-23)21-15-6-2-1-3-7-15/h1-3,6-9,12H,4-5,10-11,13H2,(H,20,22,24). The predicted octanol–water partition coefficient (Wildman–Crippen LogP) is 4.19. The number of carbonyl (C=O) groups excluding carboxylic acids is 1. The first kappa shape index (κ1) is 17.8. The molecule has 3 rings (SSSR count). The number of hydrogen-bond acceptors (Lipinski definition) is 4. The number of pyridine rings is 1. The Kier molecular flexibility index (Phi) is 6.30. The van der Waals surface area contributed by atoms with Crippen LogP contribution in [0, 0.1) is 0 Å². The number of likely N-dealkylation sites (tertiary alicyclic amines) is 1. The number of thioether (sulfide) groups is 1. The van der Waals surface area contributed by atoms with Crippen molar-refractivity contribution in [3.63, 3.8) is 0 Å². The molecule has 0 atom stereocenters. The van der Waals surface area contributed by atoms with Crippen molar-refractivity contribution in [2.75, 3.05) is 24.2 Å². The Morgan fingerprint density at radius 1 is 1.20 bits per heavy atom. The summed E-state index contributed by atoms with van der Waals surface area (Å²) in [4.78, 5) is 23.2. The average Bonchev–Trinajstić information content (AvgIpc) is 3.16. The van der Waals surface area contributed by atoms with Crippen molar-refractivity contribution >= 4 is 45.9 Å². The predicted molar refractivity (Wildman–Crippen MR) is 105 cm³/mol. The van der Waals surface area contributed by atoms with E-state index in [2.05, 4.69) is 15.2 Å². The molecule has 130 valence electrons. The van der Waals surface area contributed by atoms with Crippen molar-refractivity contribution in [2.24, 2.45) is 4.99 Å². The lowest BCUT2D eigenvalue weighted by Gasteiger charge is -2.19. The van der Waals surface area contributed by atoms with Gasteiger partial charge in [-0.1, -0.05) is 41.6 Å². The zero-order valence-corrected chi connectivity index (χ0v) is 15.3. The third kappa shape index (κ3) is 5.47. The molecular formula is C18H19ClN4OS. The molecule has 1 aromatic heterocycles. The molecule has 1 aliphatic heterocycles. The molecule has 5 nitrogen and oxygen atoms in total. The van der Waals surface area contributed by atoms with Crippen LogP contribution < -0.4 is 5.32 Å². The summed E-state index contributed by atoms with van der Waals surface area (Å²) >= 11 is 7.25. The van der Waals surface area contributed by atoms with E-state index >= 15 is 0 Å². The van der Waals surface area contributed by atoms with Gasteiger partial charge >= 0.3 is 0 Å². The molecule has 1 fully saturated rings. The first-order valence-corrected chi connectivity index (χ1v) is 9.50. The average molecular weight is 375 g/mol. The van der Waals surface area contributed by atoms with E-state index in [1.807, 2.05) is 30.3 Å². The number of amidine groups is 1. The van der Waals surface area contributed by atoms with Gasteiger partial charge < -0.3 is 10.2 Å².